The van der Waals surface area contributed by atoms with Crippen LogP contribution in [0.1, 0.15) is 13.3 Å². The molecule has 0 unspecified atom stereocenters. The number of rotatable bonds is 2. The number of thiocarbonyl (C=S) groups is 1. The summed E-state index contributed by atoms with van der Waals surface area (Å²) < 4.78 is 0. The first kappa shape index (κ1) is 6.56. The first-order chi connectivity index (χ1) is 3.18. The smallest absolute Gasteiger partial charge is 0.189 e. The van der Waals surface area contributed by atoms with E-state index in [0.717, 1.165) is 0 Å². The van der Waals surface area contributed by atoms with E-state index in [4.69, 9.17) is 5.73 Å². The lowest BCUT2D eigenvalue weighted by Gasteiger charge is -1.86. The molecule has 0 spiro atoms. The van der Waals surface area contributed by atoms with E-state index >= 15 is 0 Å². The molecule has 0 atom stereocenters. The molecule has 0 heterocycles. The fraction of sp³-hybridized carbons (Fsp3) is 0.500. The highest BCUT2D eigenvalue weighted by atomic mass is 32.1. The monoisotopic (exact) mass is 117 g/mol. The molecule has 0 saturated carbocycles. The Morgan fingerprint density at radius 2 is 2.29 bits per heavy atom. The van der Waals surface area contributed by atoms with Crippen LogP contribution >= 0.6 is 12.2 Å². The number of carbonyl (C=O) groups excluding carboxylic acids is 1. The van der Waals surface area contributed by atoms with Gasteiger partial charge in [-0.2, -0.15) is 0 Å². The van der Waals surface area contributed by atoms with Crippen molar-refractivity contribution in [2.75, 3.05) is 0 Å². The summed E-state index contributed by atoms with van der Waals surface area (Å²) in [6.45, 7) is 1.72. The van der Waals surface area contributed by atoms with Gasteiger partial charge in [0.05, 0.1) is 0 Å². The maximum absolute atomic E-state index is 10.2. The van der Waals surface area contributed by atoms with Gasteiger partial charge in [0.15, 0.2) is 5.78 Å². The lowest BCUT2D eigenvalue weighted by molar-refractivity contribution is -0.112. The first-order valence-corrected chi connectivity index (χ1v) is 2.42. The molecule has 3 heteroatoms. The Balaban J connectivity index is 3.58. The molecule has 0 aliphatic heterocycles. The number of Topliss-reactive ketones (excluding diaryl/α,β-unsaturated/α-hetero) is 1. The first-order valence-electron chi connectivity index (χ1n) is 2.01. The summed E-state index contributed by atoms with van der Waals surface area (Å²) in [6.07, 6.45) is 0.412. The van der Waals surface area contributed by atoms with Crippen LogP contribution in [0.5, 0.6) is 0 Å². The van der Waals surface area contributed by atoms with Gasteiger partial charge in [0.1, 0.15) is 4.99 Å². The molecule has 0 aromatic heterocycles. The Bertz CT molecular complexity index is 99.9. The number of carbonyl (C=O) groups is 1. The number of ketones is 1. The normalized spacial score (nSPS) is 8.14. The van der Waals surface area contributed by atoms with E-state index in [1.54, 1.807) is 6.92 Å². The van der Waals surface area contributed by atoms with E-state index in [0.29, 0.717) is 6.42 Å². The molecule has 0 amide bonds. The number of hydrogen-bond acceptors (Lipinski definition) is 2. The van der Waals surface area contributed by atoms with Crippen molar-refractivity contribution in [3.63, 3.8) is 0 Å². The number of nitrogens with two attached hydrogens (primary N) is 1. The van der Waals surface area contributed by atoms with Crippen LogP contribution in [0.3, 0.4) is 0 Å². The molecule has 0 aliphatic rings. The van der Waals surface area contributed by atoms with Crippen LogP contribution in [0.25, 0.3) is 0 Å². The van der Waals surface area contributed by atoms with Crippen LogP contribution in [0.4, 0.5) is 0 Å². The van der Waals surface area contributed by atoms with Gasteiger partial charge in [-0.25, -0.2) is 0 Å². The van der Waals surface area contributed by atoms with Crippen molar-refractivity contribution in [2.24, 2.45) is 5.73 Å². The highest BCUT2D eigenvalue weighted by Gasteiger charge is 1.97. The summed E-state index contributed by atoms with van der Waals surface area (Å²) in [5, 5.41) is 0. The second-order valence-corrected chi connectivity index (χ2v) is 1.58. The van der Waals surface area contributed by atoms with Crippen LogP contribution in [-0.4, -0.2) is 10.8 Å². The van der Waals surface area contributed by atoms with Crippen molar-refractivity contribution < 1.29 is 4.79 Å². The summed E-state index contributed by atoms with van der Waals surface area (Å²) in [6, 6.07) is 0. The van der Waals surface area contributed by atoms with E-state index in [9.17, 15) is 4.79 Å². The SMILES string of the molecule is CCC(=O)C(N)=S. The molecule has 2 N–H and O–H groups in total. The topological polar surface area (TPSA) is 43.1 Å². The second kappa shape index (κ2) is 2.69. The lowest BCUT2D eigenvalue weighted by atomic mass is 10.3. The van der Waals surface area contributed by atoms with E-state index in [-0.39, 0.29) is 10.8 Å². The third kappa shape index (κ3) is 2.28. The third-order valence-electron chi connectivity index (χ3n) is 0.596. The van der Waals surface area contributed by atoms with Crippen LogP contribution in [0, 0.1) is 0 Å². The van der Waals surface area contributed by atoms with Gasteiger partial charge < -0.3 is 5.73 Å². The minimum atomic E-state index is -0.144. The summed E-state index contributed by atoms with van der Waals surface area (Å²) in [5.41, 5.74) is 4.93. The molecular weight excluding hydrogens is 110 g/mol. The largest absolute Gasteiger partial charge is 0.387 e. The molecule has 2 nitrogen and oxygen atoms in total. The summed E-state index contributed by atoms with van der Waals surface area (Å²) in [5.74, 6) is -0.144. The minimum absolute atomic E-state index is 0.0116. The fourth-order valence-corrected chi connectivity index (χ4v) is 0.319. The summed E-state index contributed by atoms with van der Waals surface area (Å²) >= 11 is 4.35. The van der Waals surface area contributed by atoms with Gasteiger partial charge in [-0.3, -0.25) is 4.79 Å². The van der Waals surface area contributed by atoms with Crippen molar-refractivity contribution >= 4 is 23.0 Å². The second-order valence-electron chi connectivity index (χ2n) is 1.14. The standard InChI is InChI=1S/C4H7NOS/c1-2-3(6)4(5)7/h2H2,1H3,(H2,5,7). The molecule has 0 aromatic rings. The molecule has 0 radical (unpaired) electrons. The van der Waals surface area contributed by atoms with Crippen molar-refractivity contribution in [1.29, 1.82) is 0 Å². The molecule has 7 heavy (non-hydrogen) atoms. The molecule has 40 valence electrons. The van der Waals surface area contributed by atoms with Gasteiger partial charge in [-0.1, -0.05) is 19.1 Å². The average Bonchev–Trinajstić information content (AvgIpc) is 1.65. The van der Waals surface area contributed by atoms with E-state index in [1.165, 1.54) is 0 Å². The molecule has 0 aliphatic carbocycles. The maximum Gasteiger partial charge on any atom is 0.189 e. The van der Waals surface area contributed by atoms with Crippen LogP contribution < -0.4 is 5.73 Å². The van der Waals surface area contributed by atoms with E-state index in [2.05, 4.69) is 12.2 Å². The quantitative estimate of drug-likeness (QED) is 0.527. The van der Waals surface area contributed by atoms with Gasteiger partial charge in [-0.15, -0.1) is 0 Å². The predicted molar refractivity (Wildman–Crippen MR) is 32.1 cm³/mol. The third-order valence-corrected chi connectivity index (χ3v) is 0.824. The van der Waals surface area contributed by atoms with E-state index < -0.39 is 0 Å². The van der Waals surface area contributed by atoms with Crippen molar-refractivity contribution in [3.8, 4) is 0 Å². The Kier molecular flexibility index (Phi) is 2.52. The maximum atomic E-state index is 10.2. The van der Waals surface area contributed by atoms with Gasteiger partial charge in [0.25, 0.3) is 0 Å². The molecule has 0 aromatic carbocycles. The number of hydrogen-bond donors (Lipinski definition) is 1. The predicted octanol–water partition coefficient (Wildman–Crippen LogP) is 0.252. The minimum Gasteiger partial charge on any atom is -0.387 e. The zero-order valence-corrected chi connectivity index (χ0v) is 4.92. The van der Waals surface area contributed by atoms with Crippen molar-refractivity contribution in [3.05, 3.63) is 0 Å². The van der Waals surface area contributed by atoms with Crippen LogP contribution in [0.15, 0.2) is 0 Å². The highest BCUT2D eigenvalue weighted by molar-refractivity contribution is 7.82. The molecule has 0 fully saturated rings. The van der Waals surface area contributed by atoms with Crippen molar-refractivity contribution in [2.45, 2.75) is 13.3 Å². The summed E-state index contributed by atoms with van der Waals surface area (Å²) in [7, 11) is 0. The van der Waals surface area contributed by atoms with Gasteiger partial charge in [0.2, 0.25) is 0 Å². The Hall–Kier alpha value is -0.440. The highest BCUT2D eigenvalue weighted by Crippen LogP contribution is 1.77. The Morgan fingerprint density at radius 1 is 1.86 bits per heavy atom. The van der Waals surface area contributed by atoms with Crippen LogP contribution in [0.2, 0.25) is 0 Å². The average molecular weight is 117 g/mol. The van der Waals surface area contributed by atoms with E-state index in [1.807, 2.05) is 0 Å². The van der Waals surface area contributed by atoms with Crippen LogP contribution in [-0.2, 0) is 4.79 Å². The van der Waals surface area contributed by atoms with Gasteiger partial charge in [0, 0.05) is 6.42 Å². The fourth-order valence-electron chi connectivity index (χ4n) is 0.174. The van der Waals surface area contributed by atoms with Crippen molar-refractivity contribution in [1.82, 2.24) is 0 Å². The lowest BCUT2D eigenvalue weighted by Crippen LogP contribution is -2.19. The Labute approximate surface area is 47.7 Å². The Morgan fingerprint density at radius 3 is 2.29 bits per heavy atom. The zero-order chi connectivity index (χ0) is 5.86. The molecular formula is C4H7NOS. The zero-order valence-electron chi connectivity index (χ0n) is 4.10. The summed E-state index contributed by atoms with van der Waals surface area (Å²) in [4.78, 5) is 10.2. The van der Waals surface area contributed by atoms with Gasteiger partial charge in [-0.05, 0) is 0 Å². The molecule has 0 rings (SSSR count). The van der Waals surface area contributed by atoms with Gasteiger partial charge >= 0.3 is 0 Å². The molecule has 0 bridgehead atoms. The molecule has 0 saturated heterocycles.